The number of hydrogen-bond acceptors (Lipinski definition) is 4. The van der Waals surface area contributed by atoms with Crippen LogP contribution in [0.1, 0.15) is 36.7 Å². The number of rotatable bonds is 5. The zero-order chi connectivity index (χ0) is 10.9. The molecule has 0 aliphatic heterocycles. The summed E-state index contributed by atoms with van der Waals surface area (Å²) >= 11 is 1.35. The van der Waals surface area contributed by atoms with Crippen LogP contribution in [0.5, 0.6) is 0 Å². The Labute approximate surface area is 92.3 Å². The van der Waals surface area contributed by atoms with Gasteiger partial charge in [0.2, 0.25) is 0 Å². The van der Waals surface area contributed by atoms with Crippen LogP contribution in [0.4, 0.5) is 5.00 Å². The molecule has 0 aromatic carbocycles. The lowest BCUT2D eigenvalue weighted by Gasteiger charge is -2.13. The molecule has 4 nitrogen and oxygen atoms in total. The van der Waals surface area contributed by atoms with Crippen molar-refractivity contribution in [2.45, 2.75) is 26.2 Å². The molecule has 2 rings (SSSR count). The van der Waals surface area contributed by atoms with E-state index in [1.54, 1.807) is 5.51 Å². The molecule has 0 amide bonds. The van der Waals surface area contributed by atoms with Gasteiger partial charge in [-0.15, -0.1) is 11.3 Å². The Morgan fingerprint density at radius 2 is 2.47 bits per heavy atom. The number of aromatic nitrogens is 1. The number of anilines is 1. The van der Waals surface area contributed by atoms with Gasteiger partial charge in [-0.2, -0.15) is 0 Å². The second-order valence-corrected chi connectivity index (χ2v) is 4.90. The van der Waals surface area contributed by atoms with Crippen LogP contribution in [-0.2, 0) is 0 Å². The Bertz CT molecular complexity index is 371. The molecule has 1 heterocycles. The minimum atomic E-state index is -0.958. The molecule has 1 aliphatic carbocycles. The third-order valence-electron chi connectivity index (χ3n) is 3.10. The highest BCUT2D eigenvalue weighted by molar-refractivity contribution is 7.14. The summed E-state index contributed by atoms with van der Waals surface area (Å²) in [6.07, 6.45) is 3.65. The summed E-state index contributed by atoms with van der Waals surface area (Å²) in [4.78, 5) is 14.6. The molecule has 0 unspecified atom stereocenters. The molecule has 15 heavy (non-hydrogen) atoms. The van der Waals surface area contributed by atoms with E-state index in [4.69, 9.17) is 5.11 Å². The maximum Gasteiger partial charge on any atom is 0.357 e. The highest BCUT2D eigenvalue weighted by Crippen LogP contribution is 2.48. The van der Waals surface area contributed by atoms with Gasteiger partial charge < -0.3 is 10.4 Å². The monoisotopic (exact) mass is 226 g/mol. The van der Waals surface area contributed by atoms with Gasteiger partial charge in [0.25, 0.3) is 0 Å². The van der Waals surface area contributed by atoms with Crippen molar-refractivity contribution in [1.29, 1.82) is 0 Å². The second-order valence-electron chi connectivity index (χ2n) is 4.04. The first-order valence-corrected chi connectivity index (χ1v) is 5.95. The number of aromatic carboxylic acids is 1. The van der Waals surface area contributed by atoms with Crippen LogP contribution in [0.25, 0.3) is 0 Å². The average molecular weight is 226 g/mol. The van der Waals surface area contributed by atoms with Gasteiger partial charge in [0.05, 0.1) is 5.51 Å². The lowest BCUT2D eigenvalue weighted by Crippen LogP contribution is -2.15. The number of carbonyl (C=O) groups is 1. The SMILES string of the molecule is CCC1(CNc2scnc2C(=O)O)CC1. The van der Waals surface area contributed by atoms with Crippen molar-refractivity contribution in [1.82, 2.24) is 4.98 Å². The van der Waals surface area contributed by atoms with Crippen LogP contribution < -0.4 is 5.32 Å². The standard InChI is InChI=1S/C10H14N2O2S/c1-2-10(3-4-10)5-11-8-7(9(13)14)12-6-15-8/h6,11H,2-5H2,1H3,(H,13,14). The quantitative estimate of drug-likeness (QED) is 0.809. The van der Waals surface area contributed by atoms with Gasteiger partial charge >= 0.3 is 5.97 Å². The molecule has 2 N–H and O–H groups in total. The topological polar surface area (TPSA) is 62.2 Å². The summed E-state index contributed by atoms with van der Waals surface area (Å²) in [6, 6.07) is 0. The van der Waals surface area contributed by atoms with Crippen molar-refractivity contribution in [2.24, 2.45) is 5.41 Å². The summed E-state index contributed by atoms with van der Waals surface area (Å²) in [5.41, 5.74) is 2.13. The fraction of sp³-hybridized carbons (Fsp3) is 0.600. The highest BCUT2D eigenvalue weighted by atomic mass is 32.1. The van der Waals surface area contributed by atoms with Gasteiger partial charge in [0, 0.05) is 6.54 Å². The van der Waals surface area contributed by atoms with E-state index in [1.165, 1.54) is 24.2 Å². The van der Waals surface area contributed by atoms with Crippen LogP contribution >= 0.6 is 11.3 Å². The number of carboxylic acids is 1. The summed E-state index contributed by atoms with van der Waals surface area (Å²) in [7, 11) is 0. The van der Waals surface area contributed by atoms with Crippen LogP contribution in [0, 0.1) is 5.41 Å². The van der Waals surface area contributed by atoms with Crippen molar-refractivity contribution < 1.29 is 9.90 Å². The lowest BCUT2D eigenvalue weighted by molar-refractivity contribution is 0.0692. The maximum atomic E-state index is 10.8. The highest BCUT2D eigenvalue weighted by Gasteiger charge is 2.40. The molecular formula is C10H14N2O2S. The molecule has 1 fully saturated rings. The molecule has 5 heteroatoms. The molecule has 0 spiro atoms. The van der Waals surface area contributed by atoms with Crippen molar-refractivity contribution in [3.8, 4) is 0 Å². The summed E-state index contributed by atoms with van der Waals surface area (Å²) < 4.78 is 0. The van der Waals surface area contributed by atoms with Gasteiger partial charge in [0.1, 0.15) is 5.00 Å². The van der Waals surface area contributed by atoms with Crippen LogP contribution in [0.2, 0.25) is 0 Å². The lowest BCUT2D eigenvalue weighted by atomic mass is 10.0. The van der Waals surface area contributed by atoms with E-state index in [-0.39, 0.29) is 5.69 Å². The molecule has 0 atom stereocenters. The molecule has 0 saturated heterocycles. The Morgan fingerprint density at radius 3 is 3.00 bits per heavy atom. The van der Waals surface area contributed by atoms with E-state index in [2.05, 4.69) is 17.2 Å². The first-order valence-electron chi connectivity index (χ1n) is 5.07. The summed E-state index contributed by atoms with van der Waals surface area (Å²) in [5.74, 6) is -0.958. The number of hydrogen-bond donors (Lipinski definition) is 2. The molecule has 1 aromatic rings. The Hall–Kier alpha value is -1.10. The zero-order valence-electron chi connectivity index (χ0n) is 8.62. The molecular weight excluding hydrogens is 212 g/mol. The predicted octanol–water partition coefficient (Wildman–Crippen LogP) is 2.44. The van der Waals surface area contributed by atoms with Crippen LogP contribution in [0.15, 0.2) is 5.51 Å². The molecule has 0 bridgehead atoms. The van der Waals surface area contributed by atoms with Crippen molar-refractivity contribution in [3.63, 3.8) is 0 Å². The normalized spacial score (nSPS) is 17.4. The maximum absolute atomic E-state index is 10.8. The number of carboxylic acid groups (broad SMARTS) is 1. The third kappa shape index (κ3) is 2.12. The van der Waals surface area contributed by atoms with Crippen molar-refractivity contribution in [2.75, 3.05) is 11.9 Å². The van der Waals surface area contributed by atoms with Crippen LogP contribution in [0.3, 0.4) is 0 Å². The summed E-state index contributed by atoms with van der Waals surface area (Å²) in [5, 5.41) is 12.7. The summed E-state index contributed by atoms with van der Waals surface area (Å²) in [6.45, 7) is 3.05. The first kappa shape index (κ1) is 10.4. The molecule has 82 valence electrons. The van der Waals surface area contributed by atoms with E-state index in [1.807, 2.05) is 0 Å². The fourth-order valence-electron chi connectivity index (χ4n) is 1.62. The van der Waals surface area contributed by atoms with Crippen molar-refractivity contribution in [3.05, 3.63) is 11.2 Å². The fourth-order valence-corrected chi connectivity index (χ4v) is 2.29. The molecule has 1 saturated carbocycles. The zero-order valence-corrected chi connectivity index (χ0v) is 9.43. The minimum absolute atomic E-state index is 0.145. The van der Waals surface area contributed by atoms with E-state index in [0.29, 0.717) is 10.4 Å². The Morgan fingerprint density at radius 1 is 1.73 bits per heavy atom. The van der Waals surface area contributed by atoms with Crippen molar-refractivity contribution >= 4 is 22.3 Å². The van der Waals surface area contributed by atoms with E-state index in [0.717, 1.165) is 13.0 Å². The predicted molar refractivity (Wildman–Crippen MR) is 59.5 cm³/mol. The van der Waals surface area contributed by atoms with E-state index in [9.17, 15) is 4.79 Å². The third-order valence-corrected chi connectivity index (χ3v) is 3.89. The number of thiazole rings is 1. The largest absolute Gasteiger partial charge is 0.476 e. The first-order chi connectivity index (χ1) is 7.17. The number of nitrogens with zero attached hydrogens (tertiary/aromatic N) is 1. The molecule has 1 aromatic heterocycles. The molecule has 1 aliphatic rings. The minimum Gasteiger partial charge on any atom is -0.476 e. The molecule has 0 radical (unpaired) electrons. The van der Waals surface area contributed by atoms with Gasteiger partial charge in [0.15, 0.2) is 5.69 Å². The van der Waals surface area contributed by atoms with E-state index >= 15 is 0 Å². The number of nitrogens with one attached hydrogen (secondary N) is 1. The Balaban J connectivity index is 1.99. The average Bonchev–Trinajstić information content (AvgIpc) is 2.84. The van der Waals surface area contributed by atoms with Gasteiger partial charge in [-0.05, 0) is 24.7 Å². The van der Waals surface area contributed by atoms with Gasteiger partial charge in [-0.25, -0.2) is 9.78 Å². The van der Waals surface area contributed by atoms with Gasteiger partial charge in [-0.1, -0.05) is 6.92 Å². The van der Waals surface area contributed by atoms with Crippen LogP contribution in [-0.4, -0.2) is 22.6 Å². The van der Waals surface area contributed by atoms with E-state index < -0.39 is 5.97 Å². The smallest absolute Gasteiger partial charge is 0.357 e. The van der Waals surface area contributed by atoms with Gasteiger partial charge in [-0.3, -0.25) is 0 Å². The Kier molecular flexibility index (Phi) is 2.65. The second kappa shape index (κ2) is 3.81.